The first-order chi connectivity index (χ1) is 12.3. The third kappa shape index (κ3) is 3.10. The second-order valence-electron chi connectivity index (χ2n) is 5.61. The van der Waals surface area contributed by atoms with Crippen LogP contribution < -0.4 is 5.32 Å². The van der Waals surface area contributed by atoms with Gasteiger partial charge in [0.2, 0.25) is 5.78 Å². The molecule has 120 valence electrons. The van der Waals surface area contributed by atoms with E-state index in [1.807, 2.05) is 72.8 Å². The summed E-state index contributed by atoms with van der Waals surface area (Å²) in [6.45, 7) is 0. The quantitative estimate of drug-likeness (QED) is 0.777. The number of nitrogens with zero attached hydrogens (tertiary/aromatic N) is 2. The number of Topliss-reactive ketones (excluding diaryl/α,β-unsaturated/α-hetero) is 1. The molecule has 0 saturated heterocycles. The van der Waals surface area contributed by atoms with Crippen LogP contribution in [0.15, 0.2) is 95.8 Å². The number of allylic oxidation sites excluding steroid dienone is 2. The molecule has 3 aromatic rings. The first kappa shape index (κ1) is 15.0. The molecule has 4 heteroatoms. The van der Waals surface area contributed by atoms with Crippen LogP contribution in [0.5, 0.6) is 0 Å². The van der Waals surface area contributed by atoms with E-state index in [1.54, 1.807) is 12.3 Å². The van der Waals surface area contributed by atoms with E-state index < -0.39 is 0 Å². The Labute approximate surface area is 145 Å². The number of fused-ring (bicyclic) bond motifs is 1. The van der Waals surface area contributed by atoms with Crippen LogP contribution in [0.25, 0.3) is 0 Å². The maximum Gasteiger partial charge on any atom is 0.228 e. The zero-order valence-electron chi connectivity index (χ0n) is 13.4. The fraction of sp³-hybridized carbons (Fsp3) is 0. The van der Waals surface area contributed by atoms with E-state index in [4.69, 9.17) is 4.99 Å². The molecule has 0 amide bonds. The monoisotopic (exact) mass is 325 g/mol. The van der Waals surface area contributed by atoms with Gasteiger partial charge in [-0.3, -0.25) is 9.78 Å². The Kier molecular flexibility index (Phi) is 3.92. The van der Waals surface area contributed by atoms with Gasteiger partial charge in [0.15, 0.2) is 0 Å². The number of benzene rings is 2. The van der Waals surface area contributed by atoms with Crippen LogP contribution in [0.1, 0.15) is 16.1 Å². The van der Waals surface area contributed by atoms with Gasteiger partial charge in [0, 0.05) is 17.4 Å². The summed E-state index contributed by atoms with van der Waals surface area (Å²) in [4.78, 5) is 21.7. The summed E-state index contributed by atoms with van der Waals surface area (Å²) >= 11 is 0. The summed E-state index contributed by atoms with van der Waals surface area (Å²) < 4.78 is 0. The highest BCUT2D eigenvalue weighted by Gasteiger charge is 2.25. The van der Waals surface area contributed by atoms with E-state index in [0.29, 0.717) is 17.1 Å². The number of nitrogens with one attached hydrogen (secondary N) is 1. The number of carbonyl (C=O) groups excluding carboxylic acids is 1. The van der Waals surface area contributed by atoms with Gasteiger partial charge in [0.05, 0.1) is 17.1 Å². The van der Waals surface area contributed by atoms with Crippen LogP contribution in [0.2, 0.25) is 0 Å². The van der Waals surface area contributed by atoms with Crippen LogP contribution >= 0.6 is 0 Å². The van der Waals surface area contributed by atoms with Crippen molar-refractivity contribution in [3.63, 3.8) is 0 Å². The Morgan fingerprint density at radius 3 is 2.32 bits per heavy atom. The van der Waals surface area contributed by atoms with Gasteiger partial charge >= 0.3 is 0 Å². The van der Waals surface area contributed by atoms with Gasteiger partial charge < -0.3 is 5.32 Å². The molecule has 1 aliphatic carbocycles. The summed E-state index contributed by atoms with van der Waals surface area (Å²) in [5.41, 5.74) is 4.02. The van der Waals surface area contributed by atoms with Crippen molar-refractivity contribution in [1.29, 1.82) is 0 Å². The van der Waals surface area contributed by atoms with E-state index in [9.17, 15) is 4.79 Å². The predicted octanol–water partition coefficient (Wildman–Crippen LogP) is 4.39. The lowest BCUT2D eigenvalue weighted by molar-refractivity contribution is 0.103. The highest BCUT2D eigenvalue weighted by Crippen LogP contribution is 2.24. The van der Waals surface area contributed by atoms with Crippen LogP contribution in [-0.4, -0.2) is 16.5 Å². The molecule has 1 aliphatic rings. The molecule has 0 atom stereocenters. The van der Waals surface area contributed by atoms with Crippen molar-refractivity contribution in [3.8, 4) is 0 Å². The van der Waals surface area contributed by atoms with Crippen LogP contribution in [0.4, 0.5) is 11.4 Å². The number of hydrogen-bond donors (Lipinski definition) is 1. The summed E-state index contributed by atoms with van der Waals surface area (Å²) in [5.74, 6) is -0.133. The molecular weight excluding hydrogens is 310 g/mol. The minimum absolute atomic E-state index is 0.133. The van der Waals surface area contributed by atoms with Gasteiger partial charge in [-0.1, -0.05) is 36.4 Å². The number of carbonyl (C=O) groups is 1. The zero-order valence-corrected chi connectivity index (χ0v) is 13.4. The van der Waals surface area contributed by atoms with E-state index in [-0.39, 0.29) is 5.78 Å². The Morgan fingerprint density at radius 2 is 1.56 bits per heavy atom. The topological polar surface area (TPSA) is 54.4 Å². The van der Waals surface area contributed by atoms with Crippen LogP contribution in [0, 0.1) is 0 Å². The molecule has 0 bridgehead atoms. The molecular formula is C21H15N3O. The van der Waals surface area contributed by atoms with E-state index in [2.05, 4.69) is 10.3 Å². The van der Waals surface area contributed by atoms with Gasteiger partial charge in [-0.25, -0.2) is 4.99 Å². The first-order valence-corrected chi connectivity index (χ1v) is 7.99. The van der Waals surface area contributed by atoms with Crippen molar-refractivity contribution in [2.75, 3.05) is 5.32 Å². The molecule has 1 N–H and O–H groups in total. The summed E-state index contributed by atoms with van der Waals surface area (Å²) in [7, 11) is 0. The fourth-order valence-electron chi connectivity index (χ4n) is 2.70. The smallest absolute Gasteiger partial charge is 0.228 e. The third-order valence-corrected chi connectivity index (χ3v) is 3.88. The number of anilines is 1. The minimum Gasteiger partial charge on any atom is -0.352 e. The minimum atomic E-state index is -0.133. The Hall–Kier alpha value is -3.53. The summed E-state index contributed by atoms with van der Waals surface area (Å²) in [6.07, 6.45) is 3.41. The molecule has 0 fully saturated rings. The second-order valence-corrected chi connectivity index (χ2v) is 5.61. The average Bonchev–Trinajstić information content (AvgIpc) is 2.67. The highest BCUT2D eigenvalue weighted by molar-refractivity contribution is 6.26. The number of aromatic nitrogens is 1. The van der Waals surface area contributed by atoms with Gasteiger partial charge in [-0.05, 0) is 42.5 Å². The maximum atomic E-state index is 12.8. The molecule has 2 aromatic carbocycles. The molecule has 0 radical (unpaired) electrons. The SMILES string of the molecule is O=C1C(Nc2ccccc2)=CC(=Nc2ccccc2)c2cccnc21. The van der Waals surface area contributed by atoms with Crippen molar-refractivity contribution >= 4 is 22.9 Å². The van der Waals surface area contributed by atoms with E-state index >= 15 is 0 Å². The van der Waals surface area contributed by atoms with Gasteiger partial charge in [0.1, 0.15) is 5.69 Å². The first-order valence-electron chi connectivity index (χ1n) is 7.99. The fourth-order valence-corrected chi connectivity index (χ4v) is 2.70. The summed E-state index contributed by atoms with van der Waals surface area (Å²) in [6, 6.07) is 23.0. The Morgan fingerprint density at radius 1 is 0.840 bits per heavy atom. The zero-order chi connectivity index (χ0) is 17.1. The van der Waals surface area contributed by atoms with Crippen molar-refractivity contribution in [3.05, 3.63) is 102 Å². The third-order valence-electron chi connectivity index (χ3n) is 3.88. The van der Waals surface area contributed by atoms with Crippen LogP contribution in [-0.2, 0) is 0 Å². The van der Waals surface area contributed by atoms with Crippen molar-refractivity contribution in [2.45, 2.75) is 0 Å². The highest BCUT2D eigenvalue weighted by atomic mass is 16.1. The molecule has 4 nitrogen and oxygen atoms in total. The molecule has 1 heterocycles. The molecule has 4 rings (SSSR count). The summed E-state index contributed by atoms with van der Waals surface area (Å²) in [5, 5.41) is 3.18. The molecule has 25 heavy (non-hydrogen) atoms. The molecule has 0 aliphatic heterocycles. The number of rotatable bonds is 3. The standard InChI is InChI=1S/C21H15N3O/c25-21-19(24-16-10-5-2-6-11-16)14-18(17-12-7-13-22-20(17)21)23-15-8-3-1-4-9-15/h1-14,24H. The lowest BCUT2D eigenvalue weighted by atomic mass is 9.96. The number of para-hydroxylation sites is 2. The molecule has 0 saturated carbocycles. The van der Waals surface area contributed by atoms with Crippen molar-refractivity contribution in [1.82, 2.24) is 4.98 Å². The van der Waals surface area contributed by atoms with Gasteiger partial charge in [-0.15, -0.1) is 0 Å². The molecule has 1 aromatic heterocycles. The number of hydrogen-bond acceptors (Lipinski definition) is 4. The number of aliphatic imine (C=N–C) groups is 1. The molecule has 0 unspecified atom stereocenters. The van der Waals surface area contributed by atoms with Crippen molar-refractivity contribution in [2.24, 2.45) is 4.99 Å². The van der Waals surface area contributed by atoms with E-state index in [0.717, 1.165) is 16.9 Å². The Bertz CT molecular complexity index is 976. The lowest BCUT2D eigenvalue weighted by Gasteiger charge is -2.18. The average molecular weight is 325 g/mol. The lowest BCUT2D eigenvalue weighted by Crippen LogP contribution is -2.23. The van der Waals surface area contributed by atoms with Crippen molar-refractivity contribution < 1.29 is 4.79 Å². The predicted molar refractivity (Wildman–Crippen MR) is 99.4 cm³/mol. The van der Waals surface area contributed by atoms with Gasteiger partial charge in [0.25, 0.3) is 0 Å². The van der Waals surface area contributed by atoms with E-state index in [1.165, 1.54) is 0 Å². The normalized spacial score (nSPS) is 14.8. The largest absolute Gasteiger partial charge is 0.352 e. The number of pyridine rings is 1. The number of ketones is 1. The Balaban J connectivity index is 1.80. The van der Waals surface area contributed by atoms with Crippen LogP contribution in [0.3, 0.4) is 0 Å². The maximum absolute atomic E-state index is 12.8. The second kappa shape index (κ2) is 6.53. The molecule has 0 spiro atoms. The van der Waals surface area contributed by atoms with Gasteiger partial charge in [-0.2, -0.15) is 0 Å².